The number of benzene rings is 1. The Morgan fingerprint density at radius 1 is 1.24 bits per heavy atom. The minimum Gasteiger partial charge on any atom is -0.447 e. The standard InChI is InChI=1S/C25H33N3O3S2/c1-16(2)31-25(29)27-18-6-4-17(5-7-18)24-26-15-23(33-24)21-11-8-19(28-12-3-13-30-28)14-22(21)32-20-9-10-20/h8,11,14-18,20H,3-7,9-10,12-13H2,1-2H3,(H,27,29). The highest BCUT2D eigenvalue weighted by Crippen LogP contribution is 2.46. The molecule has 1 saturated heterocycles. The maximum Gasteiger partial charge on any atom is 0.407 e. The van der Waals surface area contributed by atoms with Gasteiger partial charge in [-0.05, 0) is 70.9 Å². The third kappa shape index (κ3) is 5.84. The molecule has 1 amide bonds. The minimum absolute atomic E-state index is 0.0880. The molecule has 0 unspecified atom stereocenters. The summed E-state index contributed by atoms with van der Waals surface area (Å²) >= 11 is 3.84. The topological polar surface area (TPSA) is 63.7 Å². The van der Waals surface area contributed by atoms with E-state index < -0.39 is 0 Å². The van der Waals surface area contributed by atoms with Crippen molar-refractivity contribution < 1.29 is 14.4 Å². The lowest BCUT2D eigenvalue weighted by Crippen LogP contribution is -2.38. The molecule has 1 aromatic carbocycles. The molecular formula is C25H33N3O3S2. The van der Waals surface area contributed by atoms with Gasteiger partial charge in [-0.2, -0.15) is 0 Å². The summed E-state index contributed by atoms with van der Waals surface area (Å²) in [6.45, 7) is 5.52. The zero-order valence-electron chi connectivity index (χ0n) is 19.4. The monoisotopic (exact) mass is 487 g/mol. The molecule has 2 saturated carbocycles. The summed E-state index contributed by atoms with van der Waals surface area (Å²) < 4.78 is 5.23. The Kier molecular flexibility index (Phi) is 7.13. The number of hydrogen-bond donors (Lipinski definition) is 1. The molecule has 2 aromatic rings. The van der Waals surface area contributed by atoms with E-state index >= 15 is 0 Å². The first kappa shape index (κ1) is 23.0. The number of carbonyl (C=O) groups is 1. The maximum atomic E-state index is 11.9. The van der Waals surface area contributed by atoms with Crippen molar-refractivity contribution in [3.8, 4) is 10.4 Å². The smallest absolute Gasteiger partial charge is 0.407 e. The lowest BCUT2D eigenvalue weighted by atomic mass is 9.86. The van der Waals surface area contributed by atoms with Gasteiger partial charge in [0.1, 0.15) is 0 Å². The fourth-order valence-electron chi connectivity index (χ4n) is 4.48. The van der Waals surface area contributed by atoms with Gasteiger partial charge in [0.2, 0.25) is 0 Å². The Hall–Kier alpha value is -1.77. The van der Waals surface area contributed by atoms with Crippen LogP contribution in [0, 0.1) is 0 Å². The maximum absolute atomic E-state index is 11.9. The van der Waals surface area contributed by atoms with E-state index in [1.807, 2.05) is 42.0 Å². The van der Waals surface area contributed by atoms with Crippen LogP contribution in [0.4, 0.5) is 10.5 Å². The van der Waals surface area contributed by atoms with E-state index in [0.29, 0.717) is 5.92 Å². The molecule has 0 radical (unpaired) electrons. The number of nitrogens with one attached hydrogen (secondary N) is 1. The molecule has 1 aliphatic heterocycles. The van der Waals surface area contributed by atoms with Gasteiger partial charge in [-0.1, -0.05) is 6.07 Å². The van der Waals surface area contributed by atoms with Gasteiger partial charge in [-0.3, -0.25) is 9.90 Å². The van der Waals surface area contributed by atoms with Crippen LogP contribution in [0.5, 0.6) is 0 Å². The number of thiazole rings is 1. The van der Waals surface area contributed by atoms with Crippen molar-refractivity contribution in [1.29, 1.82) is 0 Å². The van der Waals surface area contributed by atoms with Gasteiger partial charge >= 0.3 is 6.09 Å². The van der Waals surface area contributed by atoms with Crippen LogP contribution < -0.4 is 10.4 Å². The second-order valence-electron chi connectivity index (χ2n) is 9.50. The van der Waals surface area contributed by atoms with E-state index in [4.69, 9.17) is 14.6 Å². The van der Waals surface area contributed by atoms with Gasteiger partial charge in [0, 0.05) is 40.4 Å². The van der Waals surface area contributed by atoms with Gasteiger partial charge in [0.25, 0.3) is 0 Å². The van der Waals surface area contributed by atoms with Crippen molar-refractivity contribution >= 4 is 34.9 Å². The number of hydroxylamine groups is 1. The third-order valence-corrected chi connectivity index (χ3v) is 8.94. The van der Waals surface area contributed by atoms with Gasteiger partial charge in [-0.25, -0.2) is 9.78 Å². The van der Waals surface area contributed by atoms with Gasteiger partial charge in [-0.15, -0.1) is 23.1 Å². The predicted molar refractivity (Wildman–Crippen MR) is 134 cm³/mol. The van der Waals surface area contributed by atoms with Gasteiger partial charge in [0.15, 0.2) is 0 Å². The van der Waals surface area contributed by atoms with E-state index in [1.54, 1.807) is 0 Å². The SMILES string of the molecule is CC(C)OC(=O)NC1CCC(c2ncc(-c3ccc(N4CCCO4)cc3SC3CC3)s2)CC1. The number of nitrogens with zero attached hydrogens (tertiary/aromatic N) is 2. The number of aromatic nitrogens is 1. The number of ether oxygens (including phenoxy) is 1. The van der Waals surface area contributed by atoms with E-state index in [9.17, 15) is 4.79 Å². The van der Waals surface area contributed by atoms with Crippen molar-refractivity contribution in [3.05, 3.63) is 29.4 Å². The highest BCUT2D eigenvalue weighted by Gasteiger charge is 2.28. The lowest BCUT2D eigenvalue weighted by Gasteiger charge is -2.28. The first-order chi connectivity index (χ1) is 16.0. The van der Waals surface area contributed by atoms with Crippen LogP contribution in [0.1, 0.15) is 69.7 Å². The molecule has 2 aliphatic carbocycles. The summed E-state index contributed by atoms with van der Waals surface area (Å²) in [6.07, 6.45) is 9.42. The summed E-state index contributed by atoms with van der Waals surface area (Å²) in [5, 5.41) is 7.02. The number of amides is 1. The molecular weight excluding hydrogens is 454 g/mol. The van der Waals surface area contributed by atoms with Crippen LogP contribution in [0.3, 0.4) is 0 Å². The Labute approximate surface area is 204 Å². The average molecular weight is 488 g/mol. The van der Waals surface area contributed by atoms with Crippen LogP contribution in [0.25, 0.3) is 10.4 Å². The molecule has 1 aromatic heterocycles. The molecule has 3 fully saturated rings. The molecule has 0 spiro atoms. The molecule has 0 bridgehead atoms. The average Bonchev–Trinajstić information content (AvgIpc) is 3.25. The summed E-state index contributed by atoms with van der Waals surface area (Å²) in [4.78, 5) is 25.1. The predicted octanol–water partition coefficient (Wildman–Crippen LogP) is 6.37. The molecule has 178 valence electrons. The quantitative estimate of drug-likeness (QED) is 0.490. The zero-order valence-corrected chi connectivity index (χ0v) is 21.1. The van der Waals surface area contributed by atoms with Crippen molar-refractivity contribution in [2.45, 2.75) is 87.0 Å². The number of alkyl carbamates (subject to hydrolysis) is 1. The molecule has 3 aliphatic rings. The lowest BCUT2D eigenvalue weighted by molar-refractivity contribution is 0.109. The number of carbonyl (C=O) groups excluding carboxylic acids is 1. The summed E-state index contributed by atoms with van der Waals surface area (Å²) in [6, 6.07) is 6.94. The van der Waals surface area contributed by atoms with Crippen LogP contribution in [-0.2, 0) is 9.57 Å². The third-order valence-electron chi connectivity index (χ3n) is 6.35. The Balaban J connectivity index is 1.25. The summed E-state index contributed by atoms with van der Waals surface area (Å²) in [5.41, 5.74) is 2.45. The van der Waals surface area contributed by atoms with E-state index in [2.05, 4.69) is 29.7 Å². The molecule has 0 atom stereocenters. The van der Waals surface area contributed by atoms with Crippen LogP contribution in [0.2, 0.25) is 0 Å². The molecule has 1 N–H and O–H groups in total. The largest absolute Gasteiger partial charge is 0.447 e. The minimum atomic E-state index is -0.298. The van der Waals surface area contributed by atoms with Crippen LogP contribution in [0.15, 0.2) is 29.3 Å². The fraction of sp³-hybridized carbons (Fsp3) is 0.600. The Morgan fingerprint density at radius 3 is 2.76 bits per heavy atom. The number of hydrogen-bond acceptors (Lipinski definition) is 7. The Bertz CT molecular complexity index is 962. The summed E-state index contributed by atoms with van der Waals surface area (Å²) in [7, 11) is 0. The second kappa shape index (κ2) is 10.2. The second-order valence-corrected chi connectivity index (χ2v) is 11.9. The first-order valence-electron chi connectivity index (χ1n) is 12.2. The number of rotatable bonds is 7. The van der Waals surface area contributed by atoms with E-state index in [1.165, 1.54) is 33.2 Å². The molecule has 6 nitrogen and oxygen atoms in total. The van der Waals surface area contributed by atoms with Crippen molar-refractivity contribution in [1.82, 2.24) is 10.3 Å². The van der Waals surface area contributed by atoms with E-state index in [0.717, 1.165) is 56.2 Å². The molecule has 2 heterocycles. The van der Waals surface area contributed by atoms with Gasteiger partial charge in [0.05, 0.1) is 28.3 Å². The molecule has 8 heteroatoms. The molecule has 33 heavy (non-hydrogen) atoms. The summed E-state index contributed by atoms with van der Waals surface area (Å²) in [5.74, 6) is 0.472. The van der Waals surface area contributed by atoms with Crippen LogP contribution >= 0.6 is 23.1 Å². The van der Waals surface area contributed by atoms with Gasteiger partial charge < -0.3 is 10.1 Å². The van der Waals surface area contributed by atoms with Crippen molar-refractivity contribution in [2.24, 2.45) is 0 Å². The fourth-order valence-corrected chi connectivity index (χ4v) is 6.90. The van der Waals surface area contributed by atoms with Crippen molar-refractivity contribution in [2.75, 3.05) is 18.2 Å². The molecule has 5 rings (SSSR count). The van der Waals surface area contributed by atoms with Crippen molar-refractivity contribution in [3.63, 3.8) is 0 Å². The highest BCUT2D eigenvalue weighted by atomic mass is 32.2. The number of thioether (sulfide) groups is 1. The van der Waals surface area contributed by atoms with Crippen LogP contribution in [-0.4, -0.2) is 41.6 Å². The number of anilines is 1. The normalized spacial score (nSPS) is 23.2. The Morgan fingerprint density at radius 2 is 2.06 bits per heavy atom. The zero-order chi connectivity index (χ0) is 22.8. The highest BCUT2D eigenvalue weighted by molar-refractivity contribution is 8.00. The van der Waals surface area contributed by atoms with E-state index in [-0.39, 0.29) is 18.2 Å². The first-order valence-corrected chi connectivity index (χ1v) is 13.9.